The Kier molecular flexibility index (Phi) is 6.21. The number of benzene rings is 3. The van der Waals surface area contributed by atoms with E-state index in [2.05, 4.69) is 21.2 Å². The van der Waals surface area contributed by atoms with Crippen LogP contribution in [-0.2, 0) is 0 Å². The predicted octanol–water partition coefficient (Wildman–Crippen LogP) is 6.09. The molecule has 0 aliphatic heterocycles. The second-order valence-corrected chi connectivity index (χ2v) is 7.46. The largest absolute Gasteiger partial charge is 0.378 e. The Morgan fingerprint density at radius 3 is 2.36 bits per heavy atom. The Hall–Kier alpha value is -2.99. The SMILES string of the molecule is Cc1ccc(C(CC(=O)c2cccc(Br)c2)Nc2ccc([N+](=O)[O-])cc2)cc1. The number of nitrogens with one attached hydrogen (secondary N) is 1. The molecule has 0 saturated heterocycles. The van der Waals surface area contributed by atoms with Gasteiger partial charge in [-0.15, -0.1) is 0 Å². The van der Waals surface area contributed by atoms with Crippen molar-refractivity contribution >= 4 is 33.1 Å². The van der Waals surface area contributed by atoms with Gasteiger partial charge in [-0.3, -0.25) is 14.9 Å². The summed E-state index contributed by atoms with van der Waals surface area (Å²) in [5.41, 5.74) is 3.50. The molecule has 3 rings (SSSR count). The van der Waals surface area contributed by atoms with Crippen LogP contribution in [0.5, 0.6) is 0 Å². The second kappa shape index (κ2) is 8.80. The summed E-state index contributed by atoms with van der Waals surface area (Å²) in [6.45, 7) is 2.01. The summed E-state index contributed by atoms with van der Waals surface area (Å²) in [6, 6.07) is 21.3. The van der Waals surface area contributed by atoms with Crippen molar-refractivity contribution in [2.24, 2.45) is 0 Å². The topological polar surface area (TPSA) is 72.2 Å². The van der Waals surface area contributed by atoms with E-state index >= 15 is 0 Å². The minimum Gasteiger partial charge on any atom is -0.378 e. The lowest BCUT2D eigenvalue weighted by Gasteiger charge is -2.20. The molecule has 0 aliphatic carbocycles. The predicted molar refractivity (Wildman–Crippen MR) is 114 cm³/mol. The standard InChI is InChI=1S/C22H19BrN2O3/c1-15-5-7-16(8-6-15)21(14-22(26)17-3-2-4-18(23)13-17)24-19-9-11-20(12-10-19)25(27)28/h2-13,21,24H,14H2,1H3. The maximum atomic E-state index is 12.8. The molecule has 0 aromatic heterocycles. The molecule has 0 heterocycles. The van der Waals surface area contributed by atoms with Crippen molar-refractivity contribution in [3.05, 3.63) is 104 Å². The van der Waals surface area contributed by atoms with E-state index in [1.165, 1.54) is 12.1 Å². The normalized spacial score (nSPS) is 11.6. The molecule has 142 valence electrons. The van der Waals surface area contributed by atoms with Crippen LogP contribution in [-0.4, -0.2) is 10.7 Å². The number of nitro groups is 1. The minimum absolute atomic E-state index is 0.0151. The fourth-order valence-corrected chi connectivity index (χ4v) is 3.30. The van der Waals surface area contributed by atoms with E-state index in [9.17, 15) is 14.9 Å². The van der Waals surface area contributed by atoms with Gasteiger partial charge < -0.3 is 5.32 Å². The Labute approximate surface area is 171 Å². The van der Waals surface area contributed by atoms with Crippen LogP contribution in [0.4, 0.5) is 11.4 Å². The van der Waals surface area contributed by atoms with Crippen molar-refractivity contribution in [3.8, 4) is 0 Å². The molecule has 1 atom stereocenters. The zero-order valence-corrected chi connectivity index (χ0v) is 16.8. The Morgan fingerprint density at radius 1 is 1.07 bits per heavy atom. The van der Waals surface area contributed by atoms with E-state index in [0.717, 1.165) is 21.3 Å². The van der Waals surface area contributed by atoms with Gasteiger partial charge in [-0.1, -0.05) is 57.9 Å². The van der Waals surface area contributed by atoms with Gasteiger partial charge in [0.1, 0.15) is 0 Å². The van der Waals surface area contributed by atoms with Gasteiger partial charge in [0.2, 0.25) is 0 Å². The molecule has 3 aromatic rings. The molecule has 3 aromatic carbocycles. The number of Topliss-reactive ketones (excluding diaryl/α,β-unsaturated/α-hetero) is 1. The summed E-state index contributed by atoms with van der Waals surface area (Å²) in [4.78, 5) is 23.3. The van der Waals surface area contributed by atoms with Gasteiger partial charge in [-0.25, -0.2) is 0 Å². The lowest BCUT2D eigenvalue weighted by atomic mass is 9.97. The minimum atomic E-state index is -0.433. The van der Waals surface area contributed by atoms with Crippen LogP contribution >= 0.6 is 15.9 Å². The van der Waals surface area contributed by atoms with Crippen LogP contribution in [0.2, 0.25) is 0 Å². The third-order valence-electron chi connectivity index (χ3n) is 4.43. The van der Waals surface area contributed by atoms with Crippen LogP contribution in [0, 0.1) is 17.0 Å². The molecule has 0 saturated carbocycles. The van der Waals surface area contributed by atoms with E-state index in [4.69, 9.17) is 0 Å². The first-order chi connectivity index (χ1) is 13.4. The lowest BCUT2D eigenvalue weighted by molar-refractivity contribution is -0.384. The van der Waals surface area contributed by atoms with Crippen LogP contribution in [0.1, 0.15) is 33.9 Å². The highest BCUT2D eigenvalue weighted by molar-refractivity contribution is 9.10. The molecule has 0 spiro atoms. The number of halogens is 1. The van der Waals surface area contributed by atoms with E-state index in [0.29, 0.717) is 5.56 Å². The summed E-state index contributed by atoms with van der Waals surface area (Å²) >= 11 is 3.40. The molecule has 6 heteroatoms. The Bertz CT molecular complexity index is 985. The monoisotopic (exact) mass is 438 g/mol. The van der Waals surface area contributed by atoms with E-state index in [1.807, 2.05) is 43.3 Å². The Morgan fingerprint density at radius 2 is 1.75 bits per heavy atom. The summed E-state index contributed by atoms with van der Waals surface area (Å²) in [5, 5.41) is 14.2. The van der Waals surface area contributed by atoms with Gasteiger partial charge >= 0.3 is 0 Å². The number of hydrogen-bond donors (Lipinski definition) is 1. The molecule has 0 amide bonds. The number of hydrogen-bond acceptors (Lipinski definition) is 4. The summed E-state index contributed by atoms with van der Waals surface area (Å²) < 4.78 is 0.855. The first kappa shape index (κ1) is 19.8. The first-order valence-electron chi connectivity index (χ1n) is 8.79. The number of carbonyl (C=O) groups excluding carboxylic acids is 1. The fraction of sp³-hybridized carbons (Fsp3) is 0.136. The fourth-order valence-electron chi connectivity index (χ4n) is 2.90. The average Bonchev–Trinajstić information content (AvgIpc) is 2.68. The van der Waals surface area contributed by atoms with E-state index in [1.54, 1.807) is 24.3 Å². The van der Waals surface area contributed by atoms with Gasteiger partial charge in [-0.2, -0.15) is 0 Å². The highest BCUT2D eigenvalue weighted by Gasteiger charge is 2.18. The van der Waals surface area contributed by atoms with Crippen LogP contribution in [0.25, 0.3) is 0 Å². The number of ketones is 1. The van der Waals surface area contributed by atoms with Gasteiger partial charge in [0, 0.05) is 34.3 Å². The zero-order valence-electron chi connectivity index (χ0n) is 15.3. The molecule has 1 N–H and O–H groups in total. The molecule has 5 nitrogen and oxygen atoms in total. The number of carbonyl (C=O) groups is 1. The summed E-state index contributed by atoms with van der Waals surface area (Å²) in [6.07, 6.45) is 0.260. The number of aryl methyl sites for hydroxylation is 1. The molecule has 0 fully saturated rings. The smallest absolute Gasteiger partial charge is 0.269 e. The molecule has 0 bridgehead atoms. The molecule has 1 unspecified atom stereocenters. The maximum Gasteiger partial charge on any atom is 0.269 e. The number of nitrogens with zero attached hydrogens (tertiary/aromatic N) is 1. The number of nitro benzene ring substituents is 1. The van der Waals surface area contributed by atoms with Crippen molar-refractivity contribution in [2.75, 3.05) is 5.32 Å². The molecular formula is C22H19BrN2O3. The molecule has 0 aliphatic rings. The lowest BCUT2D eigenvalue weighted by Crippen LogP contribution is -2.16. The van der Waals surface area contributed by atoms with Crippen molar-refractivity contribution in [3.63, 3.8) is 0 Å². The van der Waals surface area contributed by atoms with Crippen LogP contribution < -0.4 is 5.32 Å². The van der Waals surface area contributed by atoms with Gasteiger partial charge in [0.15, 0.2) is 5.78 Å². The highest BCUT2D eigenvalue weighted by atomic mass is 79.9. The average molecular weight is 439 g/mol. The van der Waals surface area contributed by atoms with E-state index in [-0.39, 0.29) is 23.9 Å². The van der Waals surface area contributed by atoms with Gasteiger partial charge in [0.05, 0.1) is 11.0 Å². The first-order valence-corrected chi connectivity index (χ1v) is 9.58. The molecule has 0 radical (unpaired) electrons. The number of non-ortho nitro benzene ring substituents is 1. The van der Waals surface area contributed by atoms with Crippen molar-refractivity contribution in [1.29, 1.82) is 0 Å². The van der Waals surface area contributed by atoms with E-state index < -0.39 is 4.92 Å². The van der Waals surface area contributed by atoms with Gasteiger partial charge in [-0.05, 0) is 36.8 Å². The summed E-state index contributed by atoms with van der Waals surface area (Å²) in [7, 11) is 0. The van der Waals surface area contributed by atoms with Crippen LogP contribution in [0.15, 0.2) is 77.3 Å². The highest BCUT2D eigenvalue weighted by Crippen LogP contribution is 2.26. The summed E-state index contributed by atoms with van der Waals surface area (Å²) in [5.74, 6) is 0.0151. The maximum absolute atomic E-state index is 12.8. The third-order valence-corrected chi connectivity index (χ3v) is 4.93. The number of anilines is 1. The third kappa shape index (κ3) is 5.04. The van der Waals surface area contributed by atoms with Crippen LogP contribution in [0.3, 0.4) is 0 Å². The van der Waals surface area contributed by atoms with Crippen molar-refractivity contribution in [1.82, 2.24) is 0 Å². The molecule has 28 heavy (non-hydrogen) atoms. The zero-order chi connectivity index (χ0) is 20.1. The second-order valence-electron chi connectivity index (χ2n) is 6.55. The van der Waals surface area contributed by atoms with Gasteiger partial charge in [0.25, 0.3) is 5.69 Å². The quantitative estimate of drug-likeness (QED) is 0.275. The number of rotatable bonds is 7. The molecular weight excluding hydrogens is 420 g/mol. The van der Waals surface area contributed by atoms with Crippen molar-refractivity contribution < 1.29 is 9.72 Å². The Balaban J connectivity index is 1.85. The van der Waals surface area contributed by atoms with Crippen molar-refractivity contribution in [2.45, 2.75) is 19.4 Å².